The van der Waals surface area contributed by atoms with Gasteiger partial charge in [-0.3, -0.25) is 0 Å². The molecule has 0 aromatic heterocycles. The maximum atomic E-state index is 5.90. The summed E-state index contributed by atoms with van der Waals surface area (Å²) in [4.78, 5) is 0. The lowest BCUT2D eigenvalue weighted by atomic mass is 10.0. The van der Waals surface area contributed by atoms with Crippen molar-refractivity contribution in [2.45, 2.75) is 64.3 Å². The van der Waals surface area contributed by atoms with Crippen molar-refractivity contribution >= 4 is 0 Å². The van der Waals surface area contributed by atoms with Crippen molar-refractivity contribution in [1.29, 1.82) is 0 Å². The molecule has 0 aliphatic carbocycles. The first-order valence-corrected chi connectivity index (χ1v) is 6.64. The van der Waals surface area contributed by atoms with E-state index < -0.39 is 0 Å². The summed E-state index contributed by atoms with van der Waals surface area (Å²) in [5.74, 6) is 0. The molecule has 0 spiro atoms. The third-order valence-corrected chi connectivity index (χ3v) is 3.08. The SMILES string of the molecule is CNCCCCCOC1CC(C)OC(C)C1. The summed E-state index contributed by atoms with van der Waals surface area (Å²) in [6.45, 7) is 6.30. The Kier molecular flexibility index (Phi) is 7.01. The average Bonchev–Trinajstić information content (AvgIpc) is 2.22. The van der Waals surface area contributed by atoms with Gasteiger partial charge in [-0.1, -0.05) is 0 Å². The van der Waals surface area contributed by atoms with Gasteiger partial charge in [0.2, 0.25) is 0 Å². The van der Waals surface area contributed by atoms with Crippen LogP contribution in [-0.2, 0) is 9.47 Å². The van der Waals surface area contributed by atoms with E-state index in [0.717, 1.165) is 26.0 Å². The molecule has 96 valence electrons. The number of hydrogen-bond donors (Lipinski definition) is 1. The standard InChI is InChI=1S/C13H27NO2/c1-11-9-13(10-12(2)16-11)15-8-6-4-5-7-14-3/h11-14H,4-10H2,1-3H3. The van der Waals surface area contributed by atoms with Crippen LogP contribution in [0.4, 0.5) is 0 Å². The smallest absolute Gasteiger partial charge is 0.0624 e. The van der Waals surface area contributed by atoms with E-state index in [1.807, 2.05) is 7.05 Å². The van der Waals surface area contributed by atoms with Gasteiger partial charge in [-0.25, -0.2) is 0 Å². The minimum Gasteiger partial charge on any atom is -0.378 e. The fraction of sp³-hybridized carbons (Fsp3) is 1.00. The Morgan fingerprint density at radius 3 is 2.44 bits per heavy atom. The monoisotopic (exact) mass is 229 g/mol. The molecule has 1 aliphatic heterocycles. The first-order chi connectivity index (χ1) is 7.72. The lowest BCUT2D eigenvalue weighted by Gasteiger charge is -2.32. The first-order valence-electron chi connectivity index (χ1n) is 6.64. The van der Waals surface area contributed by atoms with E-state index in [2.05, 4.69) is 19.2 Å². The van der Waals surface area contributed by atoms with Gasteiger partial charge in [-0.05, 0) is 59.5 Å². The van der Waals surface area contributed by atoms with Crippen LogP contribution >= 0.6 is 0 Å². The van der Waals surface area contributed by atoms with Crippen LogP contribution in [-0.4, -0.2) is 38.5 Å². The Bertz CT molecular complexity index is 165. The van der Waals surface area contributed by atoms with Crippen LogP contribution in [0.2, 0.25) is 0 Å². The summed E-state index contributed by atoms with van der Waals surface area (Å²) in [5, 5.41) is 3.16. The van der Waals surface area contributed by atoms with E-state index in [1.54, 1.807) is 0 Å². The van der Waals surface area contributed by atoms with Crippen molar-refractivity contribution in [3.63, 3.8) is 0 Å². The zero-order valence-corrected chi connectivity index (χ0v) is 11.0. The quantitative estimate of drug-likeness (QED) is 0.680. The van der Waals surface area contributed by atoms with E-state index in [9.17, 15) is 0 Å². The van der Waals surface area contributed by atoms with Crippen LogP contribution in [0.15, 0.2) is 0 Å². The molecule has 3 heteroatoms. The topological polar surface area (TPSA) is 30.5 Å². The largest absolute Gasteiger partial charge is 0.378 e. The molecule has 0 amide bonds. The molecule has 1 aliphatic rings. The van der Waals surface area contributed by atoms with Crippen molar-refractivity contribution in [2.24, 2.45) is 0 Å². The van der Waals surface area contributed by atoms with Crippen LogP contribution < -0.4 is 5.32 Å². The van der Waals surface area contributed by atoms with E-state index in [0.29, 0.717) is 18.3 Å². The Balaban J connectivity index is 1.99. The second-order valence-corrected chi connectivity index (χ2v) is 4.89. The van der Waals surface area contributed by atoms with Gasteiger partial charge in [-0.15, -0.1) is 0 Å². The van der Waals surface area contributed by atoms with E-state index in [4.69, 9.17) is 9.47 Å². The van der Waals surface area contributed by atoms with E-state index in [1.165, 1.54) is 19.3 Å². The summed E-state index contributed by atoms with van der Waals surface area (Å²) in [5.41, 5.74) is 0. The Hall–Kier alpha value is -0.120. The molecular weight excluding hydrogens is 202 g/mol. The molecule has 1 rings (SSSR count). The molecule has 1 N–H and O–H groups in total. The third-order valence-electron chi connectivity index (χ3n) is 3.08. The van der Waals surface area contributed by atoms with Crippen LogP contribution in [0, 0.1) is 0 Å². The van der Waals surface area contributed by atoms with Gasteiger partial charge in [-0.2, -0.15) is 0 Å². The molecule has 1 heterocycles. The second kappa shape index (κ2) is 8.04. The minimum atomic E-state index is 0.359. The summed E-state index contributed by atoms with van der Waals surface area (Å²) in [7, 11) is 2.00. The van der Waals surface area contributed by atoms with E-state index in [-0.39, 0.29) is 0 Å². The Labute approximate surface area is 99.9 Å². The maximum Gasteiger partial charge on any atom is 0.0624 e. The number of hydrogen-bond acceptors (Lipinski definition) is 3. The fourth-order valence-corrected chi connectivity index (χ4v) is 2.31. The highest BCUT2D eigenvalue weighted by Crippen LogP contribution is 2.21. The molecule has 0 saturated carbocycles. The first kappa shape index (κ1) is 13.9. The molecule has 2 atom stereocenters. The minimum absolute atomic E-state index is 0.359. The molecule has 0 bridgehead atoms. The molecular formula is C13H27NO2. The van der Waals surface area contributed by atoms with Crippen LogP contribution in [0.25, 0.3) is 0 Å². The Morgan fingerprint density at radius 1 is 1.12 bits per heavy atom. The highest BCUT2D eigenvalue weighted by molar-refractivity contribution is 4.73. The van der Waals surface area contributed by atoms with Crippen molar-refractivity contribution in [3.8, 4) is 0 Å². The maximum absolute atomic E-state index is 5.90. The third kappa shape index (κ3) is 5.83. The molecule has 16 heavy (non-hydrogen) atoms. The summed E-state index contributed by atoms with van der Waals surface area (Å²) >= 11 is 0. The zero-order chi connectivity index (χ0) is 11.8. The highest BCUT2D eigenvalue weighted by atomic mass is 16.5. The van der Waals surface area contributed by atoms with Gasteiger partial charge in [0.1, 0.15) is 0 Å². The lowest BCUT2D eigenvalue weighted by molar-refractivity contribution is -0.102. The van der Waals surface area contributed by atoms with Gasteiger partial charge >= 0.3 is 0 Å². The summed E-state index contributed by atoms with van der Waals surface area (Å²) in [6.07, 6.45) is 6.94. The summed E-state index contributed by atoms with van der Waals surface area (Å²) < 4.78 is 11.6. The van der Waals surface area contributed by atoms with Crippen molar-refractivity contribution < 1.29 is 9.47 Å². The number of nitrogens with one attached hydrogen (secondary N) is 1. The normalized spacial score (nSPS) is 30.6. The predicted octanol–water partition coefficient (Wildman–Crippen LogP) is 2.35. The number of ether oxygens (including phenoxy) is 2. The average molecular weight is 229 g/mol. The molecule has 0 aromatic carbocycles. The second-order valence-electron chi connectivity index (χ2n) is 4.89. The van der Waals surface area contributed by atoms with Crippen molar-refractivity contribution in [3.05, 3.63) is 0 Å². The number of unbranched alkanes of at least 4 members (excludes halogenated alkanes) is 2. The van der Waals surface area contributed by atoms with Gasteiger partial charge in [0.25, 0.3) is 0 Å². The van der Waals surface area contributed by atoms with Gasteiger partial charge in [0.15, 0.2) is 0 Å². The van der Waals surface area contributed by atoms with Crippen LogP contribution in [0.5, 0.6) is 0 Å². The van der Waals surface area contributed by atoms with Gasteiger partial charge in [0.05, 0.1) is 18.3 Å². The van der Waals surface area contributed by atoms with E-state index >= 15 is 0 Å². The Morgan fingerprint density at radius 2 is 1.81 bits per heavy atom. The summed E-state index contributed by atoms with van der Waals surface area (Å²) in [6, 6.07) is 0. The molecule has 2 unspecified atom stereocenters. The molecule has 1 saturated heterocycles. The number of rotatable bonds is 7. The lowest BCUT2D eigenvalue weighted by Crippen LogP contribution is -2.34. The molecule has 0 aromatic rings. The van der Waals surface area contributed by atoms with Crippen LogP contribution in [0.1, 0.15) is 46.0 Å². The predicted molar refractivity (Wildman–Crippen MR) is 66.8 cm³/mol. The zero-order valence-electron chi connectivity index (χ0n) is 11.0. The van der Waals surface area contributed by atoms with Crippen LogP contribution in [0.3, 0.4) is 0 Å². The fourth-order valence-electron chi connectivity index (χ4n) is 2.31. The highest BCUT2D eigenvalue weighted by Gasteiger charge is 2.24. The van der Waals surface area contributed by atoms with Gasteiger partial charge < -0.3 is 14.8 Å². The molecule has 1 fully saturated rings. The van der Waals surface area contributed by atoms with Crippen molar-refractivity contribution in [1.82, 2.24) is 5.32 Å². The van der Waals surface area contributed by atoms with Crippen molar-refractivity contribution in [2.75, 3.05) is 20.2 Å². The molecule has 0 radical (unpaired) electrons. The molecule has 3 nitrogen and oxygen atoms in total. The van der Waals surface area contributed by atoms with Gasteiger partial charge in [0, 0.05) is 6.61 Å².